The highest BCUT2D eigenvalue weighted by Gasteiger charge is 2.27. The Kier molecular flexibility index (Phi) is 7.83. The van der Waals surface area contributed by atoms with Crippen LogP contribution in [-0.2, 0) is 6.42 Å². The number of carbonyl (C=O) groups excluding carboxylic acids is 1. The lowest BCUT2D eigenvalue weighted by Crippen LogP contribution is -2.38. The van der Waals surface area contributed by atoms with Crippen LogP contribution < -0.4 is 10.3 Å². The quantitative estimate of drug-likeness (QED) is 0.233. The van der Waals surface area contributed by atoms with Gasteiger partial charge in [0.25, 0.3) is 11.5 Å². The summed E-state index contributed by atoms with van der Waals surface area (Å²) in [7, 11) is 0. The maximum atomic E-state index is 13.9. The standard InChI is InChI=1S/C33H31N3O3/c1-3-39-28-20-18-27(19-21-28)36-31(34-30-17-11-10-16-29(30)33(36)38)24(2)35(23-22-25-12-6-4-7-13-25)32(37)26-14-8-5-9-15-26/h4-21,24H,3,22-23H2,1-2H3. The molecule has 1 heterocycles. The monoisotopic (exact) mass is 517 g/mol. The molecule has 5 aromatic rings. The third-order valence-electron chi connectivity index (χ3n) is 6.81. The summed E-state index contributed by atoms with van der Waals surface area (Å²) >= 11 is 0. The molecule has 0 saturated carbocycles. The summed E-state index contributed by atoms with van der Waals surface area (Å²) in [5.74, 6) is 1.11. The fourth-order valence-corrected chi connectivity index (χ4v) is 4.79. The molecule has 0 saturated heterocycles. The molecule has 0 aliphatic rings. The Morgan fingerprint density at radius 2 is 1.51 bits per heavy atom. The molecular weight excluding hydrogens is 486 g/mol. The van der Waals surface area contributed by atoms with Gasteiger partial charge in [-0.15, -0.1) is 0 Å². The molecule has 196 valence electrons. The number of hydrogen-bond donors (Lipinski definition) is 0. The van der Waals surface area contributed by atoms with Gasteiger partial charge in [0.05, 0.1) is 29.2 Å². The molecule has 0 aliphatic heterocycles. The highest BCUT2D eigenvalue weighted by atomic mass is 16.5. The van der Waals surface area contributed by atoms with Crippen LogP contribution in [0.15, 0.2) is 114 Å². The third kappa shape index (κ3) is 5.60. The van der Waals surface area contributed by atoms with E-state index in [9.17, 15) is 9.59 Å². The summed E-state index contributed by atoms with van der Waals surface area (Å²) in [5, 5.41) is 0.521. The van der Waals surface area contributed by atoms with Crippen molar-refractivity contribution in [3.63, 3.8) is 0 Å². The molecule has 1 aromatic heterocycles. The van der Waals surface area contributed by atoms with Gasteiger partial charge in [-0.25, -0.2) is 4.98 Å². The second-order valence-corrected chi connectivity index (χ2v) is 9.33. The van der Waals surface area contributed by atoms with E-state index in [-0.39, 0.29) is 11.5 Å². The van der Waals surface area contributed by atoms with Gasteiger partial charge in [0.15, 0.2) is 0 Å². The van der Waals surface area contributed by atoms with Gasteiger partial charge >= 0.3 is 0 Å². The van der Waals surface area contributed by atoms with Gasteiger partial charge in [0.2, 0.25) is 0 Å². The third-order valence-corrected chi connectivity index (χ3v) is 6.81. The molecule has 1 unspecified atom stereocenters. The number of ether oxygens (including phenoxy) is 1. The van der Waals surface area contributed by atoms with E-state index in [2.05, 4.69) is 12.1 Å². The van der Waals surface area contributed by atoms with E-state index in [0.29, 0.717) is 47.6 Å². The Balaban J connectivity index is 1.63. The fourth-order valence-electron chi connectivity index (χ4n) is 4.79. The Morgan fingerprint density at radius 1 is 0.872 bits per heavy atom. The largest absolute Gasteiger partial charge is 0.494 e. The molecule has 1 amide bonds. The summed E-state index contributed by atoms with van der Waals surface area (Å²) in [5.41, 5.74) is 2.81. The van der Waals surface area contributed by atoms with Gasteiger partial charge in [-0.3, -0.25) is 14.2 Å². The van der Waals surface area contributed by atoms with Crippen LogP contribution in [0.5, 0.6) is 5.75 Å². The van der Waals surface area contributed by atoms with Crippen molar-refractivity contribution in [3.05, 3.63) is 136 Å². The van der Waals surface area contributed by atoms with Crippen LogP contribution in [0.4, 0.5) is 0 Å². The normalized spacial score (nSPS) is 11.7. The molecule has 0 radical (unpaired) electrons. The van der Waals surface area contributed by atoms with Gasteiger partial charge in [0, 0.05) is 12.1 Å². The zero-order valence-electron chi connectivity index (χ0n) is 22.2. The van der Waals surface area contributed by atoms with Crippen molar-refractivity contribution in [3.8, 4) is 11.4 Å². The van der Waals surface area contributed by atoms with Crippen molar-refractivity contribution in [2.45, 2.75) is 26.3 Å². The van der Waals surface area contributed by atoms with E-state index in [4.69, 9.17) is 9.72 Å². The summed E-state index contributed by atoms with van der Waals surface area (Å²) in [6.07, 6.45) is 0.671. The maximum Gasteiger partial charge on any atom is 0.266 e. The number of nitrogens with zero attached hydrogens (tertiary/aromatic N) is 3. The number of carbonyl (C=O) groups is 1. The molecule has 0 N–H and O–H groups in total. The Hall–Kier alpha value is -4.71. The zero-order chi connectivity index (χ0) is 27.2. The predicted molar refractivity (Wildman–Crippen MR) is 155 cm³/mol. The highest BCUT2D eigenvalue weighted by molar-refractivity contribution is 5.94. The number of benzene rings is 4. The lowest BCUT2D eigenvalue weighted by Gasteiger charge is -2.31. The molecule has 5 rings (SSSR count). The van der Waals surface area contributed by atoms with Crippen LogP contribution in [-0.4, -0.2) is 33.5 Å². The van der Waals surface area contributed by atoms with Crippen LogP contribution >= 0.6 is 0 Å². The van der Waals surface area contributed by atoms with E-state index in [1.165, 1.54) is 0 Å². The van der Waals surface area contributed by atoms with Crippen LogP contribution in [0.25, 0.3) is 16.6 Å². The minimum absolute atomic E-state index is 0.111. The molecule has 4 aromatic carbocycles. The van der Waals surface area contributed by atoms with Gasteiger partial charge in [-0.05, 0) is 74.4 Å². The lowest BCUT2D eigenvalue weighted by atomic mass is 10.1. The first-order chi connectivity index (χ1) is 19.1. The van der Waals surface area contributed by atoms with Crippen molar-refractivity contribution in [2.24, 2.45) is 0 Å². The predicted octanol–water partition coefficient (Wildman–Crippen LogP) is 6.23. The number of para-hydroxylation sites is 1. The first kappa shape index (κ1) is 25.9. The Labute approximate surface area is 228 Å². The van der Waals surface area contributed by atoms with Crippen molar-refractivity contribution in [2.75, 3.05) is 13.2 Å². The zero-order valence-corrected chi connectivity index (χ0v) is 22.2. The van der Waals surface area contributed by atoms with Crippen LogP contribution in [0.2, 0.25) is 0 Å². The minimum atomic E-state index is -0.495. The minimum Gasteiger partial charge on any atom is -0.494 e. The summed E-state index contributed by atoms with van der Waals surface area (Å²) < 4.78 is 7.23. The molecular formula is C33H31N3O3. The topological polar surface area (TPSA) is 64.4 Å². The second kappa shape index (κ2) is 11.8. The molecule has 6 nitrogen and oxygen atoms in total. The lowest BCUT2D eigenvalue weighted by molar-refractivity contribution is 0.0683. The molecule has 1 atom stereocenters. The molecule has 39 heavy (non-hydrogen) atoms. The average molecular weight is 518 g/mol. The van der Waals surface area contributed by atoms with Crippen molar-refractivity contribution in [1.29, 1.82) is 0 Å². The number of fused-ring (bicyclic) bond motifs is 1. The number of hydrogen-bond acceptors (Lipinski definition) is 4. The number of amides is 1. The van der Waals surface area contributed by atoms with Crippen molar-refractivity contribution < 1.29 is 9.53 Å². The molecule has 0 bridgehead atoms. The second-order valence-electron chi connectivity index (χ2n) is 9.33. The number of aromatic nitrogens is 2. The van der Waals surface area contributed by atoms with E-state index in [1.54, 1.807) is 10.6 Å². The summed E-state index contributed by atoms with van der Waals surface area (Å²) in [4.78, 5) is 34.6. The van der Waals surface area contributed by atoms with Gasteiger partial charge < -0.3 is 9.64 Å². The van der Waals surface area contributed by atoms with E-state index >= 15 is 0 Å². The summed E-state index contributed by atoms with van der Waals surface area (Å²) in [6.45, 7) is 4.88. The highest BCUT2D eigenvalue weighted by Crippen LogP contribution is 2.26. The SMILES string of the molecule is CCOc1ccc(-n2c(C(C)N(CCc3ccccc3)C(=O)c3ccccc3)nc3ccccc3c2=O)cc1. The van der Waals surface area contributed by atoms with E-state index in [0.717, 1.165) is 11.3 Å². The van der Waals surface area contributed by atoms with Crippen LogP contribution in [0.1, 0.15) is 41.6 Å². The van der Waals surface area contributed by atoms with Crippen molar-refractivity contribution >= 4 is 16.8 Å². The van der Waals surface area contributed by atoms with Crippen molar-refractivity contribution in [1.82, 2.24) is 14.5 Å². The fraction of sp³-hybridized carbons (Fsp3) is 0.182. The molecule has 0 fully saturated rings. The molecule has 0 spiro atoms. The molecule has 0 aliphatic carbocycles. The summed E-state index contributed by atoms with van der Waals surface area (Å²) in [6, 6.07) is 33.6. The number of rotatable bonds is 9. The average Bonchev–Trinajstić information content (AvgIpc) is 2.99. The smallest absolute Gasteiger partial charge is 0.266 e. The van der Waals surface area contributed by atoms with E-state index < -0.39 is 6.04 Å². The Morgan fingerprint density at radius 3 is 2.21 bits per heavy atom. The maximum absolute atomic E-state index is 13.9. The van der Waals surface area contributed by atoms with Crippen LogP contribution in [0, 0.1) is 0 Å². The molecule has 6 heteroatoms. The van der Waals surface area contributed by atoms with Gasteiger partial charge in [0.1, 0.15) is 11.6 Å². The van der Waals surface area contributed by atoms with Gasteiger partial charge in [-0.2, -0.15) is 0 Å². The van der Waals surface area contributed by atoms with Crippen LogP contribution in [0.3, 0.4) is 0 Å². The van der Waals surface area contributed by atoms with E-state index in [1.807, 2.05) is 110 Å². The Bertz CT molecular complexity index is 1610. The first-order valence-electron chi connectivity index (χ1n) is 13.2. The first-order valence-corrected chi connectivity index (χ1v) is 13.2. The van der Waals surface area contributed by atoms with Gasteiger partial charge in [-0.1, -0.05) is 60.7 Å².